The van der Waals surface area contributed by atoms with Gasteiger partial charge in [-0.1, -0.05) is 12.1 Å². The summed E-state index contributed by atoms with van der Waals surface area (Å²) >= 11 is 0. The van der Waals surface area contributed by atoms with Crippen LogP contribution >= 0.6 is 0 Å². The van der Waals surface area contributed by atoms with E-state index in [-0.39, 0.29) is 11.7 Å². The molecule has 6 heteroatoms. The normalized spacial score (nSPS) is 10.4. The zero-order valence-electron chi connectivity index (χ0n) is 14.2. The number of anilines is 1. The van der Waals surface area contributed by atoms with Gasteiger partial charge >= 0.3 is 0 Å². The number of hydrogen-bond acceptors (Lipinski definition) is 5. The molecule has 0 bridgehead atoms. The van der Waals surface area contributed by atoms with Crippen LogP contribution < -0.4 is 10.6 Å². The molecule has 0 atom stereocenters. The van der Waals surface area contributed by atoms with E-state index < -0.39 is 0 Å². The number of nitrogens with zero attached hydrogens (tertiary/aromatic N) is 2. The van der Waals surface area contributed by atoms with Gasteiger partial charge in [0.05, 0.1) is 0 Å². The average Bonchev–Trinajstić information content (AvgIpc) is 2.53. The minimum absolute atomic E-state index is 0.0388. The predicted octanol–water partition coefficient (Wildman–Crippen LogP) is 2.35. The van der Waals surface area contributed by atoms with Gasteiger partial charge in [0.1, 0.15) is 5.75 Å². The van der Waals surface area contributed by atoms with Gasteiger partial charge in [-0.2, -0.15) is 0 Å². The van der Waals surface area contributed by atoms with Crippen molar-refractivity contribution in [2.75, 3.05) is 18.4 Å². The van der Waals surface area contributed by atoms with Crippen molar-refractivity contribution in [3.05, 3.63) is 47.3 Å². The molecule has 6 nitrogen and oxygen atoms in total. The van der Waals surface area contributed by atoms with E-state index in [0.29, 0.717) is 25.5 Å². The zero-order chi connectivity index (χ0) is 17.4. The van der Waals surface area contributed by atoms with Crippen LogP contribution in [0.2, 0.25) is 0 Å². The topological polar surface area (TPSA) is 87.1 Å². The number of amides is 1. The Kier molecular flexibility index (Phi) is 6.54. The van der Waals surface area contributed by atoms with E-state index in [1.165, 1.54) is 0 Å². The standard InChI is InChI=1S/C18H24N4O2/c1-13-12-14(2)22-18(21-13)20-10-3-4-17(24)19-11-9-15-5-7-16(23)8-6-15/h5-8,12,23H,3-4,9-11H2,1-2H3,(H,19,24)(H,20,21,22). The SMILES string of the molecule is Cc1cc(C)nc(NCCCC(=O)NCCc2ccc(O)cc2)n1. The average molecular weight is 328 g/mol. The lowest BCUT2D eigenvalue weighted by Crippen LogP contribution is -2.26. The first-order chi connectivity index (χ1) is 11.5. The summed E-state index contributed by atoms with van der Waals surface area (Å²) < 4.78 is 0. The molecule has 0 unspecified atom stereocenters. The number of phenols is 1. The number of nitrogens with one attached hydrogen (secondary N) is 2. The quantitative estimate of drug-likeness (QED) is 0.648. The van der Waals surface area contributed by atoms with Gasteiger partial charge in [0.2, 0.25) is 11.9 Å². The van der Waals surface area contributed by atoms with E-state index in [9.17, 15) is 9.90 Å². The van der Waals surface area contributed by atoms with Crippen LogP contribution in [0.3, 0.4) is 0 Å². The van der Waals surface area contributed by atoms with Gasteiger partial charge in [-0.05, 0) is 50.5 Å². The summed E-state index contributed by atoms with van der Waals surface area (Å²) in [5.41, 5.74) is 2.94. The van der Waals surface area contributed by atoms with Crippen LogP contribution in [0.1, 0.15) is 29.8 Å². The Bertz CT molecular complexity index is 651. The molecule has 1 aromatic carbocycles. The summed E-state index contributed by atoms with van der Waals surface area (Å²) in [5, 5.41) is 15.3. The number of rotatable bonds is 8. The van der Waals surface area contributed by atoms with Crippen LogP contribution in [-0.4, -0.2) is 34.1 Å². The van der Waals surface area contributed by atoms with Crippen molar-refractivity contribution in [1.29, 1.82) is 0 Å². The molecule has 2 aromatic rings. The predicted molar refractivity (Wildman–Crippen MR) is 94.1 cm³/mol. The lowest BCUT2D eigenvalue weighted by Gasteiger charge is -2.07. The maximum atomic E-state index is 11.8. The third kappa shape index (κ3) is 6.24. The molecule has 0 spiro atoms. The Labute approximate surface area is 142 Å². The molecule has 0 fully saturated rings. The van der Waals surface area contributed by atoms with E-state index in [0.717, 1.165) is 29.8 Å². The number of aromatic hydroxyl groups is 1. The number of phenolic OH excluding ortho intramolecular Hbond substituents is 1. The molecule has 1 heterocycles. The van der Waals surface area contributed by atoms with E-state index in [1.54, 1.807) is 12.1 Å². The van der Waals surface area contributed by atoms with Crippen molar-refractivity contribution >= 4 is 11.9 Å². The minimum atomic E-state index is 0.0388. The number of carbonyl (C=O) groups excluding carboxylic acids is 1. The number of aromatic nitrogens is 2. The molecule has 0 aliphatic rings. The number of aryl methyl sites for hydroxylation is 2. The number of benzene rings is 1. The second-order valence-corrected chi connectivity index (χ2v) is 5.77. The summed E-state index contributed by atoms with van der Waals surface area (Å²) in [7, 11) is 0. The minimum Gasteiger partial charge on any atom is -0.508 e. The summed E-state index contributed by atoms with van der Waals surface area (Å²) in [6.07, 6.45) is 1.94. The molecular formula is C18H24N4O2. The van der Waals surface area contributed by atoms with Crippen LogP contribution in [0.5, 0.6) is 5.75 Å². The first-order valence-corrected chi connectivity index (χ1v) is 8.14. The molecule has 24 heavy (non-hydrogen) atoms. The lowest BCUT2D eigenvalue weighted by atomic mass is 10.1. The summed E-state index contributed by atoms with van der Waals surface area (Å²) in [4.78, 5) is 20.4. The highest BCUT2D eigenvalue weighted by atomic mass is 16.3. The van der Waals surface area contributed by atoms with E-state index in [1.807, 2.05) is 32.0 Å². The second kappa shape index (κ2) is 8.86. The van der Waals surface area contributed by atoms with Gasteiger partial charge in [-0.25, -0.2) is 9.97 Å². The van der Waals surface area contributed by atoms with Crippen molar-refractivity contribution in [2.45, 2.75) is 33.1 Å². The molecule has 1 amide bonds. The molecule has 0 saturated heterocycles. The summed E-state index contributed by atoms with van der Waals surface area (Å²) in [6, 6.07) is 8.94. The van der Waals surface area contributed by atoms with E-state index >= 15 is 0 Å². The fraction of sp³-hybridized carbons (Fsp3) is 0.389. The van der Waals surface area contributed by atoms with Gasteiger partial charge in [0, 0.05) is 30.9 Å². The van der Waals surface area contributed by atoms with Crippen LogP contribution in [0.25, 0.3) is 0 Å². The number of carbonyl (C=O) groups is 1. The molecule has 1 aromatic heterocycles. The van der Waals surface area contributed by atoms with Gasteiger partial charge < -0.3 is 15.7 Å². The molecule has 0 aliphatic heterocycles. The molecular weight excluding hydrogens is 304 g/mol. The number of hydrogen-bond donors (Lipinski definition) is 3. The molecule has 3 N–H and O–H groups in total. The van der Waals surface area contributed by atoms with Crippen LogP contribution in [0.4, 0.5) is 5.95 Å². The van der Waals surface area contributed by atoms with Crippen LogP contribution in [-0.2, 0) is 11.2 Å². The van der Waals surface area contributed by atoms with Gasteiger partial charge in [-0.15, -0.1) is 0 Å². The zero-order valence-corrected chi connectivity index (χ0v) is 14.2. The fourth-order valence-corrected chi connectivity index (χ4v) is 2.35. The maximum Gasteiger partial charge on any atom is 0.223 e. The highest BCUT2D eigenvalue weighted by Crippen LogP contribution is 2.09. The second-order valence-electron chi connectivity index (χ2n) is 5.77. The van der Waals surface area contributed by atoms with E-state index in [4.69, 9.17) is 0 Å². The van der Waals surface area contributed by atoms with E-state index in [2.05, 4.69) is 20.6 Å². The van der Waals surface area contributed by atoms with Crippen molar-refractivity contribution < 1.29 is 9.90 Å². The third-order valence-electron chi connectivity index (χ3n) is 3.52. The largest absolute Gasteiger partial charge is 0.508 e. The molecule has 128 valence electrons. The van der Waals surface area contributed by atoms with Crippen molar-refractivity contribution in [1.82, 2.24) is 15.3 Å². The Morgan fingerprint density at radius 3 is 2.42 bits per heavy atom. The summed E-state index contributed by atoms with van der Waals surface area (Å²) in [5.74, 6) is 0.903. The first kappa shape index (κ1) is 17.7. The first-order valence-electron chi connectivity index (χ1n) is 8.14. The Morgan fingerprint density at radius 2 is 1.75 bits per heavy atom. The van der Waals surface area contributed by atoms with Gasteiger partial charge in [-0.3, -0.25) is 4.79 Å². The monoisotopic (exact) mass is 328 g/mol. The Morgan fingerprint density at radius 1 is 1.08 bits per heavy atom. The van der Waals surface area contributed by atoms with Crippen molar-refractivity contribution in [2.24, 2.45) is 0 Å². The Hall–Kier alpha value is -2.63. The third-order valence-corrected chi connectivity index (χ3v) is 3.52. The van der Waals surface area contributed by atoms with Crippen LogP contribution in [0.15, 0.2) is 30.3 Å². The molecule has 0 radical (unpaired) electrons. The van der Waals surface area contributed by atoms with Crippen molar-refractivity contribution in [3.8, 4) is 5.75 Å². The smallest absolute Gasteiger partial charge is 0.223 e. The summed E-state index contributed by atoms with van der Waals surface area (Å²) in [6.45, 7) is 5.12. The van der Waals surface area contributed by atoms with Crippen LogP contribution in [0, 0.1) is 13.8 Å². The molecule has 0 aliphatic carbocycles. The fourth-order valence-electron chi connectivity index (χ4n) is 2.35. The Balaban J connectivity index is 1.60. The lowest BCUT2D eigenvalue weighted by molar-refractivity contribution is -0.121. The maximum absolute atomic E-state index is 11.8. The molecule has 0 saturated carbocycles. The van der Waals surface area contributed by atoms with Crippen molar-refractivity contribution in [3.63, 3.8) is 0 Å². The highest BCUT2D eigenvalue weighted by molar-refractivity contribution is 5.75. The van der Waals surface area contributed by atoms with Gasteiger partial charge in [0.15, 0.2) is 0 Å². The molecule has 2 rings (SSSR count). The van der Waals surface area contributed by atoms with Gasteiger partial charge in [0.25, 0.3) is 0 Å². The highest BCUT2D eigenvalue weighted by Gasteiger charge is 2.03.